The van der Waals surface area contributed by atoms with Gasteiger partial charge in [-0.05, 0) is 0 Å². The molecule has 1 rings (SSSR count). The summed E-state index contributed by atoms with van der Waals surface area (Å²) in [5, 5.41) is 0. The van der Waals surface area contributed by atoms with Gasteiger partial charge < -0.3 is 11.0 Å². The third kappa shape index (κ3) is 4.80. The molecule has 20 heavy (non-hydrogen) atoms. The minimum atomic E-state index is -1.78. The summed E-state index contributed by atoms with van der Waals surface area (Å²) in [5.41, 5.74) is 1.89. The van der Waals surface area contributed by atoms with Crippen LogP contribution in [0.25, 0.3) is 0 Å². The second-order valence-corrected chi connectivity index (χ2v) is 13.3. The van der Waals surface area contributed by atoms with Gasteiger partial charge in [0, 0.05) is 0 Å². The first-order valence-electron chi connectivity index (χ1n) is 6.78. The van der Waals surface area contributed by atoms with E-state index in [1.54, 1.807) is 0 Å². The zero-order chi connectivity index (χ0) is 13.9. The summed E-state index contributed by atoms with van der Waals surface area (Å²) < 4.78 is 7.99. The van der Waals surface area contributed by atoms with Crippen LogP contribution in [0, 0.1) is 0 Å². The first kappa shape index (κ1) is 22.3. The summed E-state index contributed by atoms with van der Waals surface area (Å²) in [6.07, 6.45) is 0. The van der Waals surface area contributed by atoms with E-state index in [1.165, 1.54) is 28.0 Å². The predicted molar refractivity (Wildman–Crippen MR) is 90.7 cm³/mol. The van der Waals surface area contributed by atoms with Gasteiger partial charge in [0.2, 0.25) is 0 Å². The molecule has 0 amide bonds. The smallest absolute Gasteiger partial charge is 0.412 e. The molecule has 1 aromatic carbocycles. The third-order valence-corrected chi connectivity index (χ3v) is 11.0. The molecule has 0 spiro atoms. The Labute approximate surface area is 139 Å². The fourth-order valence-electron chi connectivity index (χ4n) is 3.07. The van der Waals surface area contributed by atoms with Crippen molar-refractivity contribution in [2.75, 3.05) is 0 Å². The topological polar surface area (TPSA) is 72.2 Å². The maximum atomic E-state index is 6.59. The van der Waals surface area contributed by atoms with Crippen LogP contribution in [-0.4, -0.2) is 44.0 Å². The summed E-state index contributed by atoms with van der Waals surface area (Å²) in [7, 11) is -1.78. The van der Waals surface area contributed by atoms with Crippen molar-refractivity contribution in [3.8, 4) is 5.75 Å². The molecule has 5 heteroatoms. The molecule has 2 radical (unpaired) electrons. The van der Waals surface area contributed by atoms with Crippen LogP contribution in [0.1, 0.15) is 41.5 Å². The van der Waals surface area contributed by atoms with Gasteiger partial charge in [0.15, 0.2) is 0 Å². The van der Waals surface area contributed by atoms with Gasteiger partial charge >= 0.3 is 129 Å². The van der Waals surface area contributed by atoms with Gasteiger partial charge in [-0.3, -0.25) is 0 Å². The quantitative estimate of drug-likeness (QED) is 0.580. The zero-order valence-electron chi connectivity index (χ0n) is 13.4. The Morgan fingerprint density at radius 3 is 1.45 bits per heavy atom. The average molecular weight is 494 g/mol. The molecule has 0 unspecified atom stereocenters. The normalized spacial score (nSPS) is 11.3. The van der Waals surface area contributed by atoms with E-state index in [2.05, 4.69) is 65.8 Å². The van der Waals surface area contributed by atoms with Crippen LogP contribution in [-0.2, 0) is 0 Å². The van der Waals surface area contributed by atoms with Gasteiger partial charge in [-0.1, -0.05) is 0 Å². The molecule has 3 nitrogen and oxygen atoms in total. The SMILES string of the molecule is CC(C)[Si](Oc1cc[c]([Bi])cc1)(C(C)C)C(C)C.O.O. The third-order valence-electron chi connectivity index (χ3n) is 3.84. The molecule has 4 N–H and O–H groups in total. The summed E-state index contributed by atoms with van der Waals surface area (Å²) >= 11 is 1.31. The largest absolute Gasteiger partial charge is 0.412 e. The van der Waals surface area contributed by atoms with Crippen molar-refractivity contribution in [1.29, 1.82) is 0 Å². The van der Waals surface area contributed by atoms with Crippen LogP contribution in [0.2, 0.25) is 16.6 Å². The Balaban J connectivity index is 0. The van der Waals surface area contributed by atoms with Crippen molar-refractivity contribution in [2.24, 2.45) is 0 Å². The van der Waals surface area contributed by atoms with Crippen molar-refractivity contribution in [3.05, 3.63) is 24.3 Å². The number of hydrogen-bond acceptors (Lipinski definition) is 1. The molecular weight excluding hydrogens is 465 g/mol. The maximum Gasteiger partial charge on any atom is -0.412 e. The van der Waals surface area contributed by atoms with E-state index >= 15 is 0 Å². The second-order valence-electron chi connectivity index (χ2n) is 5.91. The number of rotatable bonds is 5. The standard InChI is InChI=1S/C15H25OSi.Bi.2H2O/c1-12(2)17(13(3)4,14(5)6)16-15-10-8-7-9-11-15;;;/h8-14H,1-6H3;;2*1H2. The molecule has 0 aliphatic rings. The van der Waals surface area contributed by atoms with Crippen molar-refractivity contribution >= 4 is 36.3 Å². The molecule has 0 aliphatic carbocycles. The molecular formula is C15H29BiO3Si. The van der Waals surface area contributed by atoms with E-state index in [4.69, 9.17) is 4.43 Å². The van der Waals surface area contributed by atoms with E-state index in [0.717, 1.165) is 5.75 Å². The van der Waals surface area contributed by atoms with Crippen LogP contribution in [0.3, 0.4) is 0 Å². The van der Waals surface area contributed by atoms with Gasteiger partial charge in [0.25, 0.3) is 0 Å². The zero-order valence-corrected chi connectivity index (χ0v) is 17.9. The first-order chi connectivity index (χ1) is 8.30. The maximum absolute atomic E-state index is 6.59. The molecule has 0 fully saturated rings. The number of benzene rings is 1. The fourth-order valence-corrected chi connectivity index (χ4v) is 8.90. The fraction of sp³-hybridized carbons (Fsp3) is 0.600. The average Bonchev–Trinajstić information content (AvgIpc) is 2.26. The van der Waals surface area contributed by atoms with Gasteiger partial charge in [0.05, 0.1) is 0 Å². The number of hydrogen-bond donors (Lipinski definition) is 0. The molecule has 0 aliphatic heterocycles. The predicted octanol–water partition coefficient (Wildman–Crippen LogP) is 2.39. The summed E-state index contributed by atoms with van der Waals surface area (Å²) in [6, 6.07) is 8.65. The Bertz CT molecular complexity index is 355. The molecule has 0 atom stereocenters. The molecule has 0 aromatic heterocycles. The Morgan fingerprint density at radius 1 is 0.800 bits per heavy atom. The molecule has 116 valence electrons. The van der Waals surface area contributed by atoms with Gasteiger partial charge in [-0.25, -0.2) is 0 Å². The van der Waals surface area contributed by atoms with Crippen molar-refractivity contribution in [3.63, 3.8) is 0 Å². The summed E-state index contributed by atoms with van der Waals surface area (Å²) in [4.78, 5) is 0. The van der Waals surface area contributed by atoms with Gasteiger partial charge in [0.1, 0.15) is 0 Å². The van der Waals surface area contributed by atoms with Crippen LogP contribution >= 0.6 is 0 Å². The van der Waals surface area contributed by atoms with Crippen LogP contribution in [0.15, 0.2) is 24.3 Å². The van der Waals surface area contributed by atoms with E-state index < -0.39 is 8.32 Å². The van der Waals surface area contributed by atoms with Crippen molar-refractivity contribution in [1.82, 2.24) is 0 Å². The minimum Gasteiger partial charge on any atom is -0.412 e. The van der Waals surface area contributed by atoms with Crippen LogP contribution < -0.4 is 7.70 Å². The van der Waals surface area contributed by atoms with Crippen LogP contribution in [0.5, 0.6) is 5.75 Å². The van der Waals surface area contributed by atoms with E-state index in [1.807, 2.05) is 0 Å². The van der Waals surface area contributed by atoms with Crippen molar-refractivity contribution in [2.45, 2.75) is 58.2 Å². The first-order valence-corrected chi connectivity index (χ1v) is 10.7. The Kier molecular flexibility index (Phi) is 10.2. The summed E-state index contributed by atoms with van der Waals surface area (Å²) in [5.74, 6) is 1.06. The molecule has 0 heterocycles. The molecule has 0 saturated heterocycles. The van der Waals surface area contributed by atoms with Gasteiger partial charge in [-0.15, -0.1) is 0 Å². The molecule has 0 bridgehead atoms. The van der Waals surface area contributed by atoms with Crippen molar-refractivity contribution < 1.29 is 15.4 Å². The van der Waals surface area contributed by atoms with E-state index in [0.29, 0.717) is 16.6 Å². The Hall–Kier alpha value is 0.0400. The van der Waals surface area contributed by atoms with E-state index in [9.17, 15) is 0 Å². The monoisotopic (exact) mass is 494 g/mol. The minimum absolute atomic E-state index is 0. The molecule has 1 aromatic rings. The summed E-state index contributed by atoms with van der Waals surface area (Å²) in [6.45, 7) is 14.0. The van der Waals surface area contributed by atoms with Gasteiger partial charge in [-0.2, -0.15) is 0 Å². The molecule has 0 saturated carbocycles. The Morgan fingerprint density at radius 2 is 1.15 bits per heavy atom. The van der Waals surface area contributed by atoms with Crippen LogP contribution in [0.4, 0.5) is 0 Å². The second kappa shape index (κ2) is 9.14. The van der Waals surface area contributed by atoms with E-state index in [-0.39, 0.29) is 11.0 Å².